The fourth-order valence-electron chi connectivity index (χ4n) is 2.57. The van der Waals surface area contributed by atoms with Crippen LogP contribution in [0.1, 0.15) is 26.5 Å². The Morgan fingerprint density at radius 3 is 2.64 bits per heavy atom. The van der Waals surface area contributed by atoms with Gasteiger partial charge in [0, 0.05) is 11.1 Å². The zero-order valence-corrected chi connectivity index (χ0v) is 16.1. The number of anilines is 1. The lowest BCUT2D eigenvalue weighted by molar-refractivity contribution is 0.102. The summed E-state index contributed by atoms with van der Waals surface area (Å²) in [5.41, 5.74) is 3.71. The van der Waals surface area contributed by atoms with E-state index < -0.39 is 0 Å². The molecule has 9 heteroatoms. The van der Waals surface area contributed by atoms with E-state index >= 15 is 0 Å². The van der Waals surface area contributed by atoms with E-state index in [2.05, 4.69) is 30.9 Å². The van der Waals surface area contributed by atoms with Crippen molar-refractivity contribution in [2.45, 2.75) is 20.4 Å². The van der Waals surface area contributed by atoms with E-state index in [-0.39, 0.29) is 5.91 Å². The summed E-state index contributed by atoms with van der Waals surface area (Å²) in [5, 5.41) is 24.5. The van der Waals surface area contributed by atoms with Crippen molar-refractivity contribution in [1.29, 1.82) is 0 Å². The van der Waals surface area contributed by atoms with Gasteiger partial charge in [0.15, 0.2) is 0 Å². The van der Waals surface area contributed by atoms with E-state index in [1.54, 1.807) is 12.1 Å². The third-order valence-corrected chi connectivity index (χ3v) is 4.83. The van der Waals surface area contributed by atoms with Crippen LogP contribution >= 0.6 is 11.3 Å². The molecular weight excluding hydrogens is 374 g/mol. The molecule has 0 bridgehead atoms. The summed E-state index contributed by atoms with van der Waals surface area (Å²) < 4.78 is 0. The van der Waals surface area contributed by atoms with Crippen LogP contribution in [0, 0.1) is 13.8 Å². The SMILES string of the molecule is Cc1ccc(C(=O)Nc2nnc(Cn3nnc(-c4cccc(C)c4)n3)s2)cc1. The normalized spacial score (nSPS) is 10.8. The van der Waals surface area contributed by atoms with Crippen molar-refractivity contribution in [1.82, 2.24) is 30.4 Å². The Hall–Kier alpha value is -3.46. The standard InChI is InChI=1S/C19H17N7OS/c1-12-6-8-14(9-7-12)18(27)20-19-23-21-16(28-19)11-26-24-17(22-25-26)15-5-3-4-13(2)10-15/h3-10H,11H2,1-2H3,(H,20,23,27). The fourth-order valence-corrected chi connectivity index (χ4v) is 3.28. The topological polar surface area (TPSA) is 98.5 Å². The number of carbonyl (C=O) groups excluding carboxylic acids is 1. The molecular formula is C19H17N7OS. The number of hydrogen-bond donors (Lipinski definition) is 1. The van der Waals surface area contributed by atoms with Gasteiger partial charge in [0.05, 0.1) is 0 Å². The van der Waals surface area contributed by atoms with Crippen LogP contribution in [0.2, 0.25) is 0 Å². The largest absolute Gasteiger partial charge is 0.296 e. The number of benzene rings is 2. The van der Waals surface area contributed by atoms with Gasteiger partial charge < -0.3 is 0 Å². The van der Waals surface area contributed by atoms with E-state index in [1.807, 2.05) is 50.2 Å². The molecule has 4 rings (SSSR count). The first-order valence-electron chi connectivity index (χ1n) is 8.62. The summed E-state index contributed by atoms with van der Waals surface area (Å²) in [6, 6.07) is 15.3. The molecule has 2 aromatic heterocycles. The molecule has 28 heavy (non-hydrogen) atoms. The Morgan fingerprint density at radius 1 is 1.04 bits per heavy atom. The summed E-state index contributed by atoms with van der Waals surface area (Å²) in [5.74, 6) is 0.337. The molecule has 2 heterocycles. The molecule has 1 amide bonds. The molecule has 0 radical (unpaired) electrons. The van der Waals surface area contributed by atoms with Crippen molar-refractivity contribution in [2.75, 3.05) is 5.32 Å². The van der Waals surface area contributed by atoms with E-state index in [9.17, 15) is 4.79 Å². The molecule has 0 unspecified atom stereocenters. The van der Waals surface area contributed by atoms with Crippen LogP contribution in [0.15, 0.2) is 48.5 Å². The highest BCUT2D eigenvalue weighted by Crippen LogP contribution is 2.18. The second-order valence-electron chi connectivity index (χ2n) is 6.33. The van der Waals surface area contributed by atoms with Crippen LogP contribution in [0.5, 0.6) is 0 Å². The molecule has 0 aliphatic heterocycles. The minimum absolute atomic E-state index is 0.219. The zero-order valence-electron chi connectivity index (χ0n) is 15.3. The Kier molecular flexibility index (Phi) is 4.90. The number of aromatic nitrogens is 6. The summed E-state index contributed by atoms with van der Waals surface area (Å²) >= 11 is 1.28. The second-order valence-corrected chi connectivity index (χ2v) is 7.40. The third kappa shape index (κ3) is 4.09. The molecule has 0 saturated heterocycles. The maximum atomic E-state index is 12.3. The van der Waals surface area contributed by atoms with Gasteiger partial charge in [-0.25, -0.2) is 0 Å². The first-order valence-corrected chi connectivity index (χ1v) is 9.44. The van der Waals surface area contributed by atoms with Gasteiger partial charge >= 0.3 is 0 Å². The lowest BCUT2D eigenvalue weighted by Crippen LogP contribution is -2.11. The van der Waals surface area contributed by atoms with Crippen LogP contribution < -0.4 is 5.32 Å². The van der Waals surface area contributed by atoms with Gasteiger partial charge in [0.25, 0.3) is 5.91 Å². The molecule has 0 atom stereocenters. The van der Waals surface area contributed by atoms with Gasteiger partial charge in [-0.1, -0.05) is 52.8 Å². The number of nitrogens with zero attached hydrogens (tertiary/aromatic N) is 6. The van der Waals surface area contributed by atoms with E-state index in [0.717, 1.165) is 16.7 Å². The van der Waals surface area contributed by atoms with Crippen molar-refractivity contribution in [2.24, 2.45) is 0 Å². The molecule has 0 aliphatic rings. The Labute approximate surface area is 165 Å². The average Bonchev–Trinajstić information content (AvgIpc) is 3.32. The molecule has 0 saturated carbocycles. The quantitative estimate of drug-likeness (QED) is 0.561. The molecule has 0 fully saturated rings. The number of amides is 1. The van der Waals surface area contributed by atoms with Crippen molar-refractivity contribution >= 4 is 22.4 Å². The molecule has 0 spiro atoms. The van der Waals surface area contributed by atoms with Gasteiger partial charge in [-0.05, 0) is 37.3 Å². The van der Waals surface area contributed by atoms with E-state index in [1.165, 1.54) is 16.1 Å². The van der Waals surface area contributed by atoms with Crippen LogP contribution in [-0.4, -0.2) is 36.3 Å². The average molecular weight is 391 g/mol. The predicted molar refractivity (Wildman–Crippen MR) is 106 cm³/mol. The Balaban J connectivity index is 1.42. The molecule has 8 nitrogen and oxygen atoms in total. The van der Waals surface area contributed by atoms with Gasteiger partial charge in [0.2, 0.25) is 11.0 Å². The smallest absolute Gasteiger partial charge is 0.257 e. The van der Waals surface area contributed by atoms with E-state index in [4.69, 9.17) is 0 Å². The van der Waals surface area contributed by atoms with Gasteiger partial charge in [-0.2, -0.15) is 4.80 Å². The maximum Gasteiger partial charge on any atom is 0.257 e. The molecule has 140 valence electrons. The molecule has 4 aromatic rings. The monoisotopic (exact) mass is 391 g/mol. The number of rotatable bonds is 5. The number of nitrogens with one attached hydrogen (secondary N) is 1. The van der Waals surface area contributed by atoms with Gasteiger partial charge in [-0.15, -0.1) is 20.4 Å². The summed E-state index contributed by atoms with van der Waals surface area (Å²) in [6.07, 6.45) is 0. The summed E-state index contributed by atoms with van der Waals surface area (Å²) in [7, 11) is 0. The first-order chi connectivity index (χ1) is 13.6. The van der Waals surface area contributed by atoms with Crippen LogP contribution in [0.4, 0.5) is 5.13 Å². The summed E-state index contributed by atoms with van der Waals surface area (Å²) in [6.45, 7) is 4.32. The minimum Gasteiger partial charge on any atom is -0.296 e. The Bertz CT molecular complexity index is 1120. The maximum absolute atomic E-state index is 12.3. The first kappa shape index (κ1) is 17.9. The number of hydrogen-bond acceptors (Lipinski definition) is 7. The lowest BCUT2D eigenvalue weighted by Gasteiger charge is -2.01. The summed E-state index contributed by atoms with van der Waals surface area (Å²) in [4.78, 5) is 13.7. The van der Waals surface area contributed by atoms with Crippen molar-refractivity contribution in [3.63, 3.8) is 0 Å². The second kappa shape index (κ2) is 7.65. The van der Waals surface area contributed by atoms with Gasteiger partial charge in [0.1, 0.15) is 11.6 Å². The highest BCUT2D eigenvalue weighted by atomic mass is 32.1. The molecule has 2 aromatic carbocycles. The predicted octanol–water partition coefficient (Wildman–Crippen LogP) is 3.11. The lowest BCUT2D eigenvalue weighted by atomic mass is 10.1. The number of tetrazole rings is 1. The van der Waals surface area contributed by atoms with Crippen LogP contribution in [-0.2, 0) is 6.54 Å². The Morgan fingerprint density at radius 2 is 1.86 bits per heavy atom. The van der Waals surface area contributed by atoms with Crippen molar-refractivity contribution in [3.05, 3.63) is 70.2 Å². The van der Waals surface area contributed by atoms with Crippen LogP contribution in [0.25, 0.3) is 11.4 Å². The number of carbonyl (C=O) groups is 1. The molecule has 1 N–H and O–H groups in total. The van der Waals surface area contributed by atoms with Gasteiger partial charge in [-0.3, -0.25) is 10.1 Å². The highest BCUT2D eigenvalue weighted by molar-refractivity contribution is 7.15. The fraction of sp³-hybridized carbons (Fsp3) is 0.158. The van der Waals surface area contributed by atoms with Crippen LogP contribution in [0.3, 0.4) is 0 Å². The molecule has 0 aliphatic carbocycles. The zero-order chi connectivity index (χ0) is 19.5. The highest BCUT2D eigenvalue weighted by Gasteiger charge is 2.12. The minimum atomic E-state index is -0.219. The third-order valence-electron chi connectivity index (χ3n) is 4.01. The van der Waals surface area contributed by atoms with Crippen molar-refractivity contribution < 1.29 is 4.79 Å². The van der Waals surface area contributed by atoms with Crippen molar-refractivity contribution in [3.8, 4) is 11.4 Å². The number of aryl methyl sites for hydroxylation is 2. The van der Waals surface area contributed by atoms with E-state index in [0.29, 0.717) is 28.1 Å².